The van der Waals surface area contributed by atoms with Crippen LogP contribution in [0, 0.1) is 11.8 Å². The van der Waals surface area contributed by atoms with Crippen molar-refractivity contribution in [1.82, 2.24) is 9.80 Å². The fraction of sp³-hybridized carbons (Fsp3) is 0.632. The Bertz CT molecular complexity index is 1690. The molecule has 0 radical (unpaired) electrons. The van der Waals surface area contributed by atoms with Gasteiger partial charge in [0.25, 0.3) is 0 Å². The van der Waals surface area contributed by atoms with E-state index in [1.54, 1.807) is 19.1 Å². The predicted molar refractivity (Wildman–Crippen MR) is 185 cm³/mol. The van der Waals surface area contributed by atoms with E-state index >= 15 is 0 Å². The molecule has 0 spiro atoms. The molecule has 0 aromatic heterocycles. The molecule has 0 saturated carbocycles. The van der Waals surface area contributed by atoms with Crippen LogP contribution in [0.1, 0.15) is 48.5 Å². The molecule has 294 valence electrons. The third kappa shape index (κ3) is 6.98. The van der Waals surface area contributed by atoms with Crippen LogP contribution >= 0.6 is 0 Å². The number of carbonyl (C=O) groups excluding carboxylic acids is 2. The number of benzene rings is 2. The van der Waals surface area contributed by atoms with E-state index in [0.717, 1.165) is 32.7 Å². The van der Waals surface area contributed by atoms with E-state index in [4.69, 9.17) is 47.4 Å². The van der Waals surface area contributed by atoms with Crippen LogP contribution in [0.25, 0.3) is 0 Å². The van der Waals surface area contributed by atoms with Gasteiger partial charge < -0.3 is 67.4 Å². The summed E-state index contributed by atoms with van der Waals surface area (Å²) >= 11 is 0. The number of rotatable bonds is 10. The Morgan fingerprint density at radius 1 is 0.907 bits per heavy atom. The first-order valence-corrected chi connectivity index (χ1v) is 18.5. The Morgan fingerprint density at radius 3 is 2.31 bits per heavy atom. The van der Waals surface area contributed by atoms with Crippen molar-refractivity contribution in [1.29, 1.82) is 0 Å². The molecule has 2 N–H and O–H groups in total. The van der Waals surface area contributed by atoms with Crippen LogP contribution in [0.2, 0.25) is 0 Å². The van der Waals surface area contributed by atoms with E-state index in [9.17, 15) is 19.8 Å². The zero-order valence-corrected chi connectivity index (χ0v) is 30.8. The van der Waals surface area contributed by atoms with E-state index in [-0.39, 0.29) is 43.7 Å². The number of hydrogen-bond donors (Lipinski definition) is 2. The van der Waals surface area contributed by atoms with Gasteiger partial charge in [-0.05, 0) is 67.9 Å². The zero-order chi connectivity index (χ0) is 37.7. The number of cyclic esters (lactones) is 1. The molecule has 0 bridgehead atoms. The molecular formula is C38H48N2O14. The van der Waals surface area contributed by atoms with Gasteiger partial charge in [-0.1, -0.05) is 0 Å². The molecule has 2 aromatic carbocycles. The summed E-state index contributed by atoms with van der Waals surface area (Å²) in [5, 5.41) is 22.3. The van der Waals surface area contributed by atoms with Crippen LogP contribution in [0.15, 0.2) is 24.3 Å². The molecule has 2 aromatic rings. The van der Waals surface area contributed by atoms with Gasteiger partial charge in [-0.15, -0.1) is 0 Å². The number of nitrogens with zero attached hydrogens (tertiary/aromatic N) is 2. The molecule has 5 aliphatic heterocycles. The van der Waals surface area contributed by atoms with Crippen molar-refractivity contribution >= 4 is 11.9 Å². The summed E-state index contributed by atoms with van der Waals surface area (Å²) in [7, 11) is 5.06. The predicted octanol–water partition coefficient (Wildman–Crippen LogP) is 1.57. The van der Waals surface area contributed by atoms with E-state index in [1.807, 2.05) is 12.1 Å². The maximum Gasteiger partial charge on any atom is 0.311 e. The summed E-state index contributed by atoms with van der Waals surface area (Å²) in [6.45, 7) is 6.61. The van der Waals surface area contributed by atoms with Crippen LogP contribution in [-0.2, 0) is 33.3 Å². The Kier molecular flexibility index (Phi) is 10.6. The number of piperazine rings is 1. The Morgan fingerprint density at radius 2 is 1.61 bits per heavy atom. The lowest BCUT2D eigenvalue weighted by molar-refractivity contribution is -0.364. The SMILES string of the molecule is COc1cc([C@@H]2c3cc4c(cc3[C@@H](O[C@@H]3O[C@@H]5CO[C@@H](C)O[C@H]5[C@H](O)[C@H]3O)[C@H]3COC(=O)[C@H]23)OCO4)cc(OC)c1OC(=O)CCCN1CCN(C)CC1. The molecule has 5 heterocycles. The Hall–Kier alpha value is -3.74. The second-order valence-electron chi connectivity index (χ2n) is 14.7. The Balaban J connectivity index is 1.09. The number of aliphatic hydroxyl groups excluding tert-OH is 2. The maximum absolute atomic E-state index is 13.7. The number of aliphatic hydroxyl groups is 2. The minimum Gasteiger partial charge on any atom is -0.493 e. The molecule has 10 atom stereocenters. The molecule has 54 heavy (non-hydrogen) atoms. The van der Waals surface area contributed by atoms with Gasteiger partial charge in [0.05, 0.1) is 39.5 Å². The van der Waals surface area contributed by atoms with Crippen LogP contribution < -0.4 is 23.7 Å². The van der Waals surface area contributed by atoms with Gasteiger partial charge in [0.2, 0.25) is 12.5 Å². The summed E-state index contributed by atoms with van der Waals surface area (Å²) in [6, 6.07) is 7.12. The van der Waals surface area contributed by atoms with Gasteiger partial charge in [-0.2, -0.15) is 0 Å². The molecule has 16 nitrogen and oxygen atoms in total. The minimum atomic E-state index is -1.46. The van der Waals surface area contributed by atoms with Crippen molar-refractivity contribution < 1.29 is 67.2 Å². The van der Waals surface area contributed by atoms with Crippen molar-refractivity contribution in [3.8, 4) is 28.7 Å². The third-order valence-electron chi connectivity index (χ3n) is 11.4. The van der Waals surface area contributed by atoms with E-state index in [2.05, 4.69) is 16.8 Å². The quantitative estimate of drug-likeness (QED) is 0.264. The van der Waals surface area contributed by atoms with Gasteiger partial charge >= 0.3 is 11.9 Å². The maximum atomic E-state index is 13.7. The molecule has 1 aliphatic carbocycles. The Labute approximate surface area is 313 Å². The van der Waals surface area contributed by atoms with Crippen LogP contribution in [0.5, 0.6) is 28.7 Å². The first-order chi connectivity index (χ1) is 26.1. The van der Waals surface area contributed by atoms with E-state index in [1.165, 1.54) is 14.2 Å². The summed E-state index contributed by atoms with van der Waals surface area (Å²) in [4.78, 5) is 31.5. The van der Waals surface area contributed by atoms with Crippen LogP contribution in [-0.4, -0.2) is 143 Å². The van der Waals surface area contributed by atoms with E-state index < -0.39 is 72.8 Å². The average Bonchev–Trinajstić information content (AvgIpc) is 3.80. The highest BCUT2D eigenvalue weighted by Gasteiger charge is 2.56. The lowest BCUT2D eigenvalue weighted by atomic mass is 9.66. The van der Waals surface area contributed by atoms with Crippen LogP contribution in [0.3, 0.4) is 0 Å². The molecule has 4 fully saturated rings. The second kappa shape index (κ2) is 15.4. The standard InChI is InChI=1S/C38H48N2O14/c1-19-47-17-28-36(51-19)32(42)33(43)38(52-28)54-34-22-15-25-24(49-18-50-25)14-21(22)30(31-23(34)16-48-37(31)44)20-12-26(45-3)35(27(13-20)46-4)53-29(41)6-5-7-40-10-8-39(2)9-11-40/h12-15,19,23,28,30-34,36,38,42-43H,5-11,16-18H2,1-4H3/t19-,23+,28-,30-,31+,32-,33-,34-,36-,38+/m1/s1. The highest BCUT2D eigenvalue weighted by molar-refractivity contribution is 5.79. The lowest BCUT2D eigenvalue weighted by Gasteiger charge is -2.47. The van der Waals surface area contributed by atoms with Crippen molar-refractivity contribution in [2.45, 2.75) is 68.8 Å². The first-order valence-electron chi connectivity index (χ1n) is 18.5. The van der Waals surface area contributed by atoms with Gasteiger partial charge in [0.1, 0.15) is 24.4 Å². The lowest BCUT2D eigenvalue weighted by Crippen LogP contribution is -2.63. The molecule has 0 unspecified atom stereocenters. The number of carbonyl (C=O) groups is 2. The molecule has 16 heteroatoms. The fourth-order valence-corrected chi connectivity index (χ4v) is 8.51. The summed E-state index contributed by atoms with van der Waals surface area (Å²) < 4.78 is 58.7. The summed E-state index contributed by atoms with van der Waals surface area (Å²) in [5.74, 6) is -1.13. The first kappa shape index (κ1) is 37.2. The van der Waals surface area contributed by atoms with Crippen LogP contribution in [0.4, 0.5) is 0 Å². The second-order valence-corrected chi connectivity index (χ2v) is 14.7. The number of likely N-dealkylation sites (N-methyl/N-ethyl adjacent to an activating group) is 1. The molecule has 0 amide bonds. The van der Waals surface area contributed by atoms with Gasteiger partial charge in [0, 0.05) is 44.4 Å². The number of hydrogen-bond acceptors (Lipinski definition) is 16. The third-order valence-corrected chi connectivity index (χ3v) is 11.4. The molecular weight excluding hydrogens is 708 g/mol. The zero-order valence-electron chi connectivity index (χ0n) is 30.8. The monoisotopic (exact) mass is 756 g/mol. The van der Waals surface area contributed by atoms with Crippen molar-refractivity contribution in [3.63, 3.8) is 0 Å². The summed E-state index contributed by atoms with van der Waals surface area (Å²) in [6.07, 6.45) is -6.08. The van der Waals surface area contributed by atoms with Crippen molar-refractivity contribution in [2.75, 3.05) is 74.0 Å². The van der Waals surface area contributed by atoms with Gasteiger partial charge in [0.15, 0.2) is 35.6 Å². The topological polar surface area (TPSA) is 173 Å². The summed E-state index contributed by atoms with van der Waals surface area (Å²) in [5.41, 5.74) is 1.99. The minimum absolute atomic E-state index is 0.0124. The highest BCUT2D eigenvalue weighted by atomic mass is 16.8. The number of methoxy groups -OCH3 is 2. The molecule has 6 aliphatic rings. The largest absolute Gasteiger partial charge is 0.493 e. The normalized spacial score (nSPS) is 33.3. The average molecular weight is 757 g/mol. The van der Waals surface area contributed by atoms with E-state index in [0.29, 0.717) is 34.6 Å². The van der Waals surface area contributed by atoms with Crippen molar-refractivity contribution in [3.05, 3.63) is 41.0 Å². The van der Waals surface area contributed by atoms with Gasteiger partial charge in [-0.25, -0.2) is 0 Å². The molecule has 8 rings (SSSR count). The number of ether oxygens (including phenoxy) is 10. The smallest absolute Gasteiger partial charge is 0.311 e. The fourth-order valence-electron chi connectivity index (χ4n) is 8.51. The van der Waals surface area contributed by atoms with Gasteiger partial charge in [-0.3, -0.25) is 9.59 Å². The van der Waals surface area contributed by atoms with Crippen molar-refractivity contribution in [2.24, 2.45) is 11.8 Å². The number of esters is 2. The highest BCUT2D eigenvalue weighted by Crippen LogP contribution is 2.57. The number of fused-ring (bicyclic) bond motifs is 4. The molecule has 4 saturated heterocycles.